The maximum absolute atomic E-state index is 13.8. The topological polar surface area (TPSA) is 159 Å². The maximum Gasteiger partial charge on any atom is 0.330 e. The van der Waals surface area contributed by atoms with Crippen molar-refractivity contribution in [2.75, 3.05) is 59.5 Å². The van der Waals surface area contributed by atoms with Gasteiger partial charge in [-0.3, -0.25) is 43.5 Å². The molecule has 3 amide bonds. The van der Waals surface area contributed by atoms with Gasteiger partial charge in [0.05, 0.1) is 22.1 Å². The molecule has 2 N–H and O–H groups in total. The molecule has 7 aromatic rings. The SMILES string of the molecule is COCc1nc2ccc(-c3ccnc4c3cc(C(C)N3CCC(c5ccc(C(=O)N6CCC(CN7CCN(Cc8ccc9c(c8)n(C8CC8)c(=O)n9C8CCC(=O)NC8=O)C[C@@H]7C)CC6)cc5)CC3)n4C)cc2[nH]1. The first-order chi connectivity index (χ1) is 36.0. The smallest absolute Gasteiger partial charge is 0.330 e. The van der Waals surface area contributed by atoms with Gasteiger partial charge in [0.2, 0.25) is 11.8 Å². The normalized spacial score (nSPS) is 21.6. The van der Waals surface area contributed by atoms with Crippen LogP contribution in [0, 0.1) is 5.92 Å². The van der Waals surface area contributed by atoms with E-state index >= 15 is 0 Å². The van der Waals surface area contributed by atoms with Gasteiger partial charge in [-0.15, -0.1) is 0 Å². The van der Waals surface area contributed by atoms with Crippen LogP contribution in [0.3, 0.4) is 0 Å². The van der Waals surface area contributed by atoms with Crippen LogP contribution >= 0.6 is 0 Å². The molecule has 8 heterocycles. The Bertz CT molecular complexity index is 3310. The van der Waals surface area contributed by atoms with Crippen molar-refractivity contribution in [2.45, 2.75) is 108 Å². The van der Waals surface area contributed by atoms with Crippen molar-refractivity contribution < 1.29 is 19.1 Å². The molecule has 0 bridgehead atoms. The highest BCUT2D eigenvalue weighted by atomic mass is 16.5. The van der Waals surface area contributed by atoms with E-state index in [0.29, 0.717) is 30.9 Å². The summed E-state index contributed by atoms with van der Waals surface area (Å²) in [6.07, 6.45) is 8.60. The van der Waals surface area contributed by atoms with E-state index < -0.39 is 11.9 Å². The molecule has 0 spiro atoms. The predicted octanol–water partition coefficient (Wildman–Crippen LogP) is 7.69. The number of piperazine rings is 1. The van der Waals surface area contributed by atoms with Gasteiger partial charge < -0.3 is 19.2 Å². The van der Waals surface area contributed by atoms with Crippen molar-refractivity contribution in [1.82, 2.24) is 53.6 Å². The number of rotatable bonds is 13. The molecule has 16 heteroatoms. The zero-order chi connectivity index (χ0) is 50.8. The van der Waals surface area contributed by atoms with Crippen molar-refractivity contribution in [1.29, 1.82) is 0 Å². The van der Waals surface area contributed by atoms with E-state index in [1.807, 2.05) is 16.8 Å². The van der Waals surface area contributed by atoms with Crippen molar-refractivity contribution in [2.24, 2.45) is 13.0 Å². The van der Waals surface area contributed by atoms with Crippen molar-refractivity contribution in [3.63, 3.8) is 0 Å². The van der Waals surface area contributed by atoms with Crippen LogP contribution in [0.4, 0.5) is 0 Å². The summed E-state index contributed by atoms with van der Waals surface area (Å²) in [5, 5.41) is 3.58. The van der Waals surface area contributed by atoms with Crippen LogP contribution < -0.4 is 11.0 Å². The first-order valence-corrected chi connectivity index (χ1v) is 27.1. The molecule has 2 unspecified atom stereocenters. The zero-order valence-corrected chi connectivity index (χ0v) is 43.3. The van der Waals surface area contributed by atoms with Crippen LogP contribution in [0.1, 0.15) is 122 Å². The molecule has 4 aromatic heterocycles. The Kier molecular flexibility index (Phi) is 13.1. The molecule has 4 aliphatic heterocycles. The number of aryl methyl sites for hydroxylation is 1. The molecule has 4 saturated heterocycles. The lowest BCUT2D eigenvalue weighted by Gasteiger charge is -2.42. The number of hydrogen-bond donors (Lipinski definition) is 2. The van der Waals surface area contributed by atoms with Crippen LogP contribution in [0.5, 0.6) is 0 Å². The van der Waals surface area contributed by atoms with Crippen LogP contribution in [0.25, 0.3) is 44.2 Å². The fraction of sp³-hybridized carbons (Fsp3) is 0.483. The number of ether oxygens (including phenoxy) is 1. The molecule has 3 aromatic carbocycles. The molecule has 16 nitrogen and oxygen atoms in total. The van der Waals surface area contributed by atoms with Crippen molar-refractivity contribution in [3.05, 3.63) is 118 Å². The number of imidazole rings is 2. The Morgan fingerprint density at radius 2 is 1.64 bits per heavy atom. The second kappa shape index (κ2) is 20.0. The number of amides is 3. The van der Waals surface area contributed by atoms with Gasteiger partial charge in [0.15, 0.2) is 0 Å². The predicted molar refractivity (Wildman–Crippen MR) is 286 cm³/mol. The van der Waals surface area contributed by atoms with Gasteiger partial charge in [-0.1, -0.05) is 24.3 Å². The van der Waals surface area contributed by atoms with Crippen molar-refractivity contribution in [3.8, 4) is 11.1 Å². The number of pyridine rings is 1. The molecule has 3 atom stereocenters. The average Bonchev–Trinajstić information content (AvgIpc) is 3.98. The van der Waals surface area contributed by atoms with Gasteiger partial charge in [-0.05, 0) is 155 Å². The number of hydrogen-bond acceptors (Lipinski definition) is 10. The lowest BCUT2D eigenvalue weighted by molar-refractivity contribution is -0.135. The molecular formula is C58H69N11O5. The number of nitrogens with zero attached hydrogens (tertiary/aromatic N) is 9. The minimum absolute atomic E-state index is 0.145. The summed E-state index contributed by atoms with van der Waals surface area (Å²) in [6, 6.07) is 25.7. The number of piperidine rings is 3. The van der Waals surface area contributed by atoms with E-state index in [4.69, 9.17) is 9.72 Å². The summed E-state index contributed by atoms with van der Waals surface area (Å²) in [5.41, 5.74) is 11.2. The largest absolute Gasteiger partial charge is 0.377 e. The molecule has 0 radical (unpaired) electrons. The third kappa shape index (κ3) is 9.28. The highest BCUT2D eigenvalue weighted by Crippen LogP contribution is 2.39. The molecule has 5 aliphatic rings. The first-order valence-electron chi connectivity index (χ1n) is 27.1. The number of fused-ring (bicyclic) bond motifs is 3. The number of aromatic amines is 1. The molecule has 386 valence electrons. The highest BCUT2D eigenvalue weighted by molar-refractivity contribution is 6.00. The third-order valence-corrected chi connectivity index (χ3v) is 17.3. The fourth-order valence-electron chi connectivity index (χ4n) is 12.9. The van der Waals surface area contributed by atoms with E-state index in [1.165, 1.54) is 11.3 Å². The summed E-state index contributed by atoms with van der Waals surface area (Å²) in [6.45, 7) is 13.5. The number of carbonyl (C=O) groups is 3. The lowest BCUT2D eigenvalue weighted by Crippen LogP contribution is -2.53. The van der Waals surface area contributed by atoms with E-state index in [-0.39, 0.29) is 36.0 Å². The van der Waals surface area contributed by atoms with E-state index in [0.717, 1.165) is 159 Å². The third-order valence-electron chi connectivity index (χ3n) is 17.3. The van der Waals surface area contributed by atoms with Gasteiger partial charge in [0, 0.05) is 107 Å². The molecule has 1 aliphatic carbocycles. The second-order valence-electron chi connectivity index (χ2n) is 22.0. The first kappa shape index (κ1) is 48.5. The lowest BCUT2D eigenvalue weighted by atomic mass is 9.88. The van der Waals surface area contributed by atoms with Crippen LogP contribution in [0.15, 0.2) is 83.8 Å². The van der Waals surface area contributed by atoms with E-state index in [1.54, 1.807) is 11.7 Å². The number of imide groups is 1. The Morgan fingerprint density at radius 1 is 0.838 bits per heavy atom. The van der Waals surface area contributed by atoms with Crippen LogP contribution in [-0.2, 0) is 34.5 Å². The van der Waals surface area contributed by atoms with Crippen molar-refractivity contribution >= 4 is 50.8 Å². The van der Waals surface area contributed by atoms with Gasteiger partial charge in [-0.25, -0.2) is 14.8 Å². The Labute approximate surface area is 431 Å². The van der Waals surface area contributed by atoms with E-state index in [9.17, 15) is 19.2 Å². The molecule has 5 fully saturated rings. The molecule has 12 rings (SSSR count). The average molecular weight is 1000 g/mol. The Hall–Kier alpha value is -6.46. The number of benzene rings is 3. The summed E-state index contributed by atoms with van der Waals surface area (Å²) < 4.78 is 11.1. The molecule has 74 heavy (non-hydrogen) atoms. The Morgan fingerprint density at radius 3 is 2.38 bits per heavy atom. The van der Waals surface area contributed by atoms with Gasteiger partial charge in [0.1, 0.15) is 24.1 Å². The molecule has 1 saturated carbocycles. The minimum Gasteiger partial charge on any atom is -0.377 e. The van der Waals surface area contributed by atoms with Crippen LogP contribution in [-0.4, -0.2) is 131 Å². The van der Waals surface area contributed by atoms with Crippen LogP contribution in [0.2, 0.25) is 0 Å². The minimum atomic E-state index is -0.671. The fourth-order valence-corrected chi connectivity index (χ4v) is 12.9. The highest BCUT2D eigenvalue weighted by Gasteiger charge is 2.36. The number of H-pyrrole nitrogens is 1. The summed E-state index contributed by atoms with van der Waals surface area (Å²) >= 11 is 0. The van der Waals surface area contributed by atoms with Gasteiger partial charge >= 0.3 is 5.69 Å². The van der Waals surface area contributed by atoms with Gasteiger partial charge in [-0.2, -0.15) is 0 Å². The quantitative estimate of drug-likeness (QED) is 0.110. The van der Waals surface area contributed by atoms with Gasteiger partial charge in [0.25, 0.3) is 5.91 Å². The monoisotopic (exact) mass is 1000 g/mol. The summed E-state index contributed by atoms with van der Waals surface area (Å²) in [4.78, 5) is 75.0. The number of nitrogens with one attached hydrogen (secondary N) is 2. The Balaban J connectivity index is 0.610. The standard InChI is InChI=1S/C58H69N11O5/c1-36-32-64(33-39-5-14-49-52(29-39)68(44-11-12-44)58(73)69(49)50-15-16-54(70)62-56(50)71)27-28-67(36)34-38-18-23-66(24-19-38)57(72)42-8-6-40(7-9-42)41-20-25-65(26-21-41)37(2)51-31-46-45(17-22-59-55(46)63(51)3)43-10-13-47-48(30-43)61-53(60-47)35-74-4/h5-10,13-14,17,22,29-31,36-38,41,44,50H,11-12,15-16,18-21,23-28,32-35H2,1-4H3,(H,60,61)(H,62,70,71)/t36-,37?,50?/m0/s1. The second-order valence-corrected chi connectivity index (χ2v) is 22.0. The number of carbonyl (C=O) groups excluding carboxylic acids is 3. The number of methoxy groups -OCH3 is 1. The zero-order valence-electron chi connectivity index (χ0n) is 43.3. The summed E-state index contributed by atoms with van der Waals surface area (Å²) in [7, 11) is 3.82. The number of likely N-dealkylation sites (tertiary alicyclic amines) is 2. The molecular weight excluding hydrogens is 931 g/mol. The summed E-state index contributed by atoms with van der Waals surface area (Å²) in [5.74, 6) is 1.32. The van der Waals surface area contributed by atoms with E-state index in [2.05, 4.69) is 127 Å². The maximum atomic E-state index is 13.8. The number of aromatic nitrogens is 6.